The minimum atomic E-state index is -0.447. The first-order valence-corrected chi connectivity index (χ1v) is 8.32. The van der Waals surface area contributed by atoms with E-state index in [0.717, 1.165) is 25.9 Å². The van der Waals surface area contributed by atoms with Crippen LogP contribution in [0.2, 0.25) is 0 Å². The van der Waals surface area contributed by atoms with Crippen LogP contribution in [0, 0.1) is 27.4 Å². The lowest BCUT2D eigenvalue weighted by atomic mass is 9.94. The number of likely N-dealkylation sites (tertiary alicyclic amines) is 1. The molecule has 0 radical (unpaired) electrons. The van der Waals surface area contributed by atoms with Crippen molar-refractivity contribution >= 4 is 17.3 Å². The molecule has 0 N–H and O–H groups in total. The number of nitro groups is 1. The molecule has 2 aliphatic heterocycles. The Morgan fingerprint density at radius 3 is 2.46 bits per heavy atom. The van der Waals surface area contributed by atoms with E-state index >= 15 is 0 Å². The van der Waals surface area contributed by atoms with Crippen LogP contribution in [0.25, 0.3) is 0 Å². The molecule has 7 heteroatoms. The van der Waals surface area contributed by atoms with E-state index in [2.05, 4.69) is 0 Å². The largest absolute Gasteiger partial charge is 0.366 e. The Bertz CT molecular complexity index is 684. The van der Waals surface area contributed by atoms with E-state index in [9.17, 15) is 14.9 Å². The monoisotopic (exact) mass is 328 g/mol. The number of nitriles is 1. The van der Waals surface area contributed by atoms with E-state index in [1.807, 2.05) is 15.9 Å². The van der Waals surface area contributed by atoms with Crippen molar-refractivity contribution in [1.82, 2.24) is 4.90 Å². The van der Waals surface area contributed by atoms with Crippen molar-refractivity contribution in [3.8, 4) is 6.07 Å². The van der Waals surface area contributed by atoms with Crippen LogP contribution in [0.3, 0.4) is 0 Å². The van der Waals surface area contributed by atoms with Crippen LogP contribution in [0.4, 0.5) is 11.4 Å². The molecule has 1 amide bonds. The highest BCUT2D eigenvalue weighted by Crippen LogP contribution is 2.33. The van der Waals surface area contributed by atoms with Crippen LogP contribution in [0.15, 0.2) is 18.2 Å². The van der Waals surface area contributed by atoms with Gasteiger partial charge in [-0.1, -0.05) is 0 Å². The molecule has 0 bridgehead atoms. The fraction of sp³-hybridized carbons (Fsp3) is 0.529. The van der Waals surface area contributed by atoms with Crippen molar-refractivity contribution in [3.05, 3.63) is 33.9 Å². The second kappa shape index (κ2) is 6.87. The summed E-state index contributed by atoms with van der Waals surface area (Å²) >= 11 is 0. The van der Waals surface area contributed by atoms with E-state index in [1.165, 1.54) is 6.07 Å². The van der Waals surface area contributed by atoms with Crippen LogP contribution in [0.5, 0.6) is 0 Å². The molecule has 24 heavy (non-hydrogen) atoms. The number of amides is 1. The third-order valence-electron chi connectivity index (χ3n) is 4.90. The summed E-state index contributed by atoms with van der Waals surface area (Å²) < 4.78 is 0. The van der Waals surface area contributed by atoms with Gasteiger partial charge < -0.3 is 9.80 Å². The Hall–Kier alpha value is -2.62. The number of piperidine rings is 1. The van der Waals surface area contributed by atoms with Gasteiger partial charge >= 0.3 is 0 Å². The van der Waals surface area contributed by atoms with Crippen molar-refractivity contribution < 1.29 is 9.72 Å². The molecule has 0 aliphatic carbocycles. The summed E-state index contributed by atoms with van der Waals surface area (Å²) in [5.41, 5.74) is 0.772. The van der Waals surface area contributed by atoms with Gasteiger partial charge in [-0.3, -0.25) is 14.9 Å². The van der Waals surface area contributed by atoms with Gasteiger partial charge in [0.15, 0.2) is 0 Å². The second-order valence-corrected chi connectivity index (χ2v) is 6.37. The predicted molar refractivity (Wildman–Crippen MR) is 88.6 cm³/mol. The van der Waals surface area contributed by atoms with E-state index in [0.29, 0.717) is 31.6 Å². The molecule has 2 aliphatic rings. The number of anilines is 1. The SMILES string of the molecule is N#Cc1ccc(N2CCC(C(=O)N3CCCC3)CC2)c([N+](=O)[O-])c1. The van der Waals surface area contributed by atoms with Gasteiger partial charge in [-0.25, -0.2) is 0 Å². The summed E-state index contributed by atoms with van der Waals surface area (Å²) in [5.74, 6) is 0.262. The van der Waals surface area contributed by atoms with Crippen molar-refractivity contribution in [1.29, 1.82) is 5.26 Å². The highest BCUT2D eigenvalue weighted by atomic mass is 16.6. The smallest absolute Gasteiger partial charge is 0.293 e. The van der Waals surface area contributed by atoms with Gasteiger partial charge in [0.1, 0.15) is 5.69 Å². The molecule has 0 saturated carbocycles. The van der Waals surface area contributed by atoms with Crippen LogP contribution in [-0.4, -0.2) is 41.9 Å². The fourth-order valence-corrected chi connectivity index (χ4v) is 3.57. The molecule has 1 aromatic rings. The number of nitro benzene ring substituents is 1. The van der Waals surface area contributed by atoms with Crippen molar-refractivity contribution in [2.24, 2.45) is 5.92 Å². The van der Waals surface area contributed by atoms with Crippen LogP contribution < -0.4 is 4.90 Å². The summed E-state index contributed by atoms with van der Waals surface area (Å²) in [6, 6.07) is 6.49. The van der Waals surface area contributed by atoms with Gasteiger partial charge in [-0.05, 0) is 37.8 Å². The normalized spacial score (nSPS) is 18.5. The maximum atomic E-state index is 12.5. The van der Waals surface area contributed by atoms with Gasteiger partial charge in [0.25, 0.3) is 5.69 Å². The molecule has 3 rings (SSSR count). The number of benzene rings is 1. The lowest BCUT2D eigenvalue weighted by Crippen LogP contribution is -2.41. The molecular weight excluding hydrogens is 308 g/mol. The summed E-state index contributed by atoms with van der Waals surface area (Å²) in [6.07, 6.45) is 3.60. The van der Waals surface area contributed by atoms with Crippen LogP contribution in [-0.2, 0) is 4.79 Å². The Morgan fingerprint density at radius 1 is 1.21 bits per heavy atom. The Kier molecular flexibility index (Phi) is 4.65. The third-order valence-corrected chi connectivity index (χ3v) is 4.90. The zero-order valence-corrected chi connectivity index (χ0v) is 13.5. The summed E-state index contributed by atoms with van der Waals surface area (Å²) in [5, 5.41) is 20.2. The van der Waals surface area contributed by atoms with Gasteiger partial charge in [-0.2, -0.15) is 5.26 Å². The summed E-state index contributed by atoms with van der Waals surface area (Å²) in [4.78, 5) is 27.2. The Labute approximate surface area is 140 Å². The summed E-state index contributed by atoms with van der Waals surface area (Å²) in [7, 11) is 0. The first kappa shape index (κ1) is 16.2. The zero-order valence-electron chi connectivity index (χ0n) is 13.5. The molecule has 126 valence electrons. The van der Waals surface area contributed by atoms with Crippen molar-refractivity contribution in [2.45, 2.75) is 25.7 Å². The molecule has 2 heterocycles. The number of nitrogens with zero attached hydrogens (tertiary/aromatic N) is 4. The maximum Gasteiger partial charge on any atom is 0.293 e. The van der Waals surface area contributed by atoms with Gasteiger partial charge in [-0.15, -0.1) is 0 Å². The molecular formula is C17H20N4O3. The number of hydrogen-bond donors (Lipinski definition) is 0. The molecule has 0 spiro atoms. The number of hydrogen-bond acceptors (Lipinski definition) is 5. The molecule has 1 aromatic carbocycles. The minimum Gasteiger partial charge on any atom is -0.366 e. The van der Waals surface area contributed by atoms with Crippen molar-refractivity contribution in [3.63, 3.8) is 0 Å². The van der Waals surface area contributed by atoms with E-state index < -0.39 is 4.92 Å². The molecule has 2 saturated heterocycles. The number of carbonyl (C=O) groups excluding carboxylic acids is 1. The average Bonchev–Trinajstić information content (AvgIpc) is 3.15. The molecule has 0 atom stereocenters. The topological polar surface area (TPSA) is 90.5 Å². The third kappa shape index (κ3) is 3.18. The first-order valence-electron chi connectivity index (χ1n) is 8.32. The van der Waals surface area contributed by atoms with Crippen LogP contribution >= 0.6 is 0 Å². The highest BCUT2D eigenvalue weighted by molar-refractivity contribution is 5.79. The van der Waals surface area contributed by atoms with E-state index in [4.69, 9.17) is 5.26 Å². The van der Waals surface area contributed by atoms with E-state index in [-0.39, 0.29) is 23.1 Å². The molecule has 0 aromatic heterocycles. The zero-order chi connectivity index (χ0) is 17.1. The van der Waals surface area contributed by atoms with Gasteiger partial charge in [0.2, 0.25) is 5.91 Å². The van der Waals surface area contributed by atoms with Crippen LogP contribution in [0.1, 0.15) is 31.2 Å². The second-order valence-electron chi connectivity index (χ2n) is 6.37. The number of rotatable bonds is 3. The van der Waals surface area contributed by atoms with Gasteiger partial charge in [0.05, 0.1) is 16.6 Å². The maximum absolute atomic E-state index is 12.5. The molecule has 7 nitrogen and oxygen atoms in total. The molecule has 2 fully saturated rings. The minimum absolute atomic E-state index is 0.0248. The summed E-state index contributed by atoms with van der Waals surface area (Å²) in [6.45, 7) is 2.97. The molecule has 0 unspecified atom stereocenters. The fourth-order valence-electron chi connectivity index (χ4n) is 3.57. The Morgan fingerprint density at radius 2 is 1.88 bits per heavy atom. The standard InChI is InChI=1S/C17H20N4O3/c18-12-13-3-4-15(16(11-13)21(23)24)19-9-5-14(6-10-19)17(22)20-7-1-2-8-20/h3-4,11,14H,1-2,5-10H2. The predicted octanol–water partition coefficient (Wildman–Crippen LogP) is 2.31. The lowest BCUT2D eigenvalue weighted by molar-refractivity contribution is -0.384. The van der Waals surface area contributed by atoms with Crippen molar-refractivity contribution in [2.75, 3.05) is 31.1 Å². The van der Waals surface area contributed by atoms with Gasteiger partial charge in [0, 0.05) is 38.2 Å². The lowest BCUT2D eigenvalue weighted by Gasteiger charge is -2.34. The average molecular weight is 328 g/mol. The highest BCUT2D eigenvalue weighted by Gasteiger charge is 2.31. The van der Waals surface area contributed by atoms with E-state index in [1.54, 1.807) is 12.1 Å². The Balaban J connectivity index is 1.69. The quantitative estimate of drug-likeness (QED) is 0.627. The number of carbonyl (C=O) groups is 1. The first-order chi connectivity index (χ1) is 11.6.